The van der Waals surface area contributed by atoms with Crippen molar-refractivity contribution >= 4 is 30.0 Å². The molecular weight excluding hydrogens is 389 g/mol. The fraction of sp³-hybridized carbons (Fsp3) is 1.00. The molecule has 23 heavy (non-hydrogen) atoms. The Bertz CT molecular complexity index is 466. The van der Waals surface area contributed by atoms with Crippen LogP contribution in [-0.4, -0.2) is 46.6 Å². The molecule has 0 aromatic heterocycles. The van der Waals surface area contributed by atoms with E-state index in [2.05, 4.69) is 113 Å². The maximum absolute atomic E-state index is 5.31. The van der Waals surface area contributed by atoms with Gasteiger partial charge < -0.3 is 0 Å². The van der Waals surface area contributed by atoms with E-state index in [0.29, 0.717) is 0 Å². The molecule has 1 aliphatic heterocycles. The summed E-state index contributed by atoms with van der Waals surface area (Å²) in [4.78, 5) is 0. The predicted octanol–water partition coefficient (Wildman–Crippen LogP) is 5.73. The molecule has 4 nitrogen and oxygen atoms in total. The van der Waals surface area contributed by atoms with Crippen molar-refractivity contribution in [3.8, 4) is 0 Å². The van der Waals surface area contributed by atoms with Crippen LogP contribution in [0.3, 0.4) is 0 Å². The SMILES string of the molecule is CC(C)(C)N=P1([Se-])N(C(C)(C)C)P(NC(C)(C)C)N1C(C)(C)C. The average molecular weight is 426 g/mol. The van der Waals surface area contributed by atoms with Crippen molar-refractivity contribution in [1.82, 2.24) is 14.0 Å². The van der Waals surface area contributed by atoms with E-state index >= 15 is 0 Å². The van der Waals surface area contributed by atoms with Crippen LogP contribution in [0.2, 0.25) is 0 Å². The van der Waals surface area contributed by atoms with Crippen LogP contribution in [0.4, 0.5) is 0 Å². The van der Waals surface area contributed by atoms with Gasteiger partial charge in [0.15, 0.2) is 0 Å². The zero-order valence-corrected chi connectivity index (χ0v) is 20.6. The zero-order valence-electron chi connectivity index (χ0n) is 17.1. The van der Waals surface area contributed by atoms with Gasteiger partial charge in [0, 0.05) is 0 Å². The molecule has 0 aromatic rings. The molecule has 0 radical (unpaired) electrons. The van der Waals surface area contributed by atoms with Crippen LogP contribution in [0.15, 0.2) is 4.74 Å². The Morgan fingerprint density at radius 1 is 0.783 bits per heavy atom. The first kappa shape index (κ1) is 22.1. The monoisotopic (exact) mass is 427 g/mol. The van der Waals surface area contributed by atoms with Gasteiger partial charge in [-0.15, -0.1) is 0 Å². The van der Waals surface area contributed by atoms with Gasteiger partial charge in [0.05, 0.1) is 0 Å². The van der Waals surface area contributed by atoms with Gasteiger partial charge in [-0.1, -0.05) is 0 Å². The summed E-state index contributed by atoms with van der Waals surface area (Å²) in [5, 5.41) is 3.87. The quantitative estimate of drug-likeness (QED) is 0.429. The Labute approximate surface area is 154 Å². The van der Waals surface area contributed by atoms with E-state index in [0.717, 1.165) is 0 Å². The summed E-state index contributed by atoms with van der Waals surface area (Å²) in [6.07, 6.45) is 0. The van der Waals surface area contributed by atoms with Crippen molar-refractivity contribution in [3.05, 3.63) is 0 Å². The molecule has 0 unspecified atom stereocenters. The zero-order chi connectivity index (χ0) is 18.6. The van der Waals surface area contributed by atoms with E-state index in [1.807, 2.05) is 0 Å². The molecule has 1 N–H and O–H groups in total. The molecule has 0 atom stereocenters. The van der Waals surface area contributed by atoms with Crippen LogP contribution in [0.5, 0.6) is 0 Å². The van der Waals surface area contributed by atoms with Crippen molar-refractivity contribution in [2.24, 2.45) is 4.74 Å². The third kappa shape index (κ3) is 5.27. The average Bonchev–Trinajstić information content (AvgIpc) is 2.03. The topological polar surface area (TPSA) is 30.9 Å². The number of nitrogens with one attached hydrogen (secondary N) is 1. The molecule has 1 aliphatic rings. The molecule has 1 heterocycles. The number of nitrogens with zero attached hydrogens (tertiary/aromatic N) is 3. The summed E-state index contributed by atoms with van der Waals surface area (Å²) in [5.41, 5.74) is 0.153. The number of hydrogen-bond donors (Lipinski definition) is 1. The van der Waals surface area contributed by atoms with Crippen molar-refractivity contribution in [2.75, 3.05) is 0 Å². The molecule has 0 spiro atoms. The number of hydrogen-bond acceptors (Lipinski definition) is 2. The summed E-state index contributed by atoms with van der Waals surface area (Å²) in [6, 6.07) is -1.84. The van der Waals surface area contributed by atoms with Crippen molar-refractivity contribution in [1.29, 1.82) is 0 Å². The van der Waals surface area contributed by atoms with Gasteiger partial charge in [-0.25, -0.2) is 0 Å². The predicted molar refractivity (Wildman–Crippen MR) is 108 cm³/mol. The molecule has 1 fully saturated rings. The molecule has 7 heteroatoms. The molecule has 1 rings (SSSR count). The van der Waals surface area contributed by atoms with Gasteiger partial charge in [-0.2, -0.15) is 0 Å². The summed E-state index contributed by atoms with van der Waals surface area (Å²) >= 11 is 3.55. The fourth-order valence-corrected chi connectivity index (χ4v) is 17.3. The fourth-order valence-electron chi connectivity index (χ4n) is 2.57. The van der Waals surface area contributed by atoms with Crippen LogP contribution < -0.4 is 5.09 Å². The molecule has 0 bridgehead atoms. The Hall–Kier alpha value is 1.06. The Morgan fingerprint density at radius 2 is 1.13 bits per heavy atom. The van der Waals surface area contributed by atoms with Gasteiger partial charge >= 0.3 is 154 Å². The van der Waals surface area contributed by atoms with Gasteiger partial charge in [0.1, 0.15) is 0 Å². The molecule has 138 valence electrons. The van der Waals surface area contributed by atoms with E-state index < -0.39 is 14.4 Å². The molecule has 0 aromatic carbocycles. The first-order chi connectivity index (χ1) is 9.79. The summed E-state index contributed by atoms with van der Waals surface area (Å²) in [6.45, 7) is 27.2. The molecule has 1 saturated heterocycles. The van der Waals surface area contributed by atoms with Crippen LogP contribution in [0.1, 0.15) is 83.1 Å². The Kier molecular flexibility index (Phi) is 6.10. The molecule has 0 amide bonds. The van der Waals surface area contributed by atoms with Crippen LogP contribution in [-0.2, 0) is 0 Å². The first-order valence-corrected chi connectivity index (χ1v) is 13.4. The van der Waals surface area contributed by atoms with Crippen LogP contribution in [0, 0.1) is 0 Å². The van der Waals surface area contributed by atoms with E-state index in [1.54, 1.807) is 0 Å². The maximum atomic E-state index is 5.31. The minimum atomic E-state index is -1.84. The third-order valence-electron chi connectivity index (χ3n) is 2.92. The first-order valence-electron chi connectivity index (χ1n) is 8.33. The van der Waals surface area contributed by atoms with Crippen LogP contribution in [0.25, 0.3) is 0 Å². The van der Waals surface area contributed by atoms with Gasteiger partial charge in [-0.05, 0) is 0 Å². The van der Waals surface area contributed by atoms with E-state index in [4.69, 9.17) is 4.74 Å². The van der Waals surface area contributed by atoms with E-state index in [-0.39, 0.29) is 22.2 Å². The van der Waals surface area contributed by atoms with Gasteiger partial charge in [0.2, 0.25) is 0 Å². The summed E-state index contributed by atoms with van der Waals surface area (Å²) in [5.74, 6) is 0. The van der Waals surface area contributed by atoms with Gasteiger partial charge in [0.25, 0.3) is 0 Å². The molecule has 0 aliphatic carbocycles. The molecular formula is C16H37N4P2Se-. The summed E-state index contributed by atoms with van der Waals surface area (Å²) < 4.78 is 10.6. The second kappa shape index (κ2) is 6.34. The Balaban J connectivity index is 3.50. The summed E-state index contributed by atoms with van der Waals surface area (Å²) in [7, 11) is -0.589. The second-order valence-electron chi connectivity index (χ2n) is 10.4. The van der Waals surface area contributed by atoms with Crippen molar-refractivity contribution < 1.29 is 0 Å². The molecule has 0 saturated carbocycles. The van der Waals surface area contributed by atoms with Crippen LogP contribution >= 0.6 is 14.4 Å². The van der Waals surface area contributed by atoms with E-state index in [9.17, 15) is 0 Å². The van der Waals surface area contributed by atoms with Crippen molar-refractivity contribution in [3.63, 3.8) is 0 Å². The standard InChI is InChI=1S/C16H37N4P2Se/c1-13(2,3)17-21-19(15(7,8)9)22(23,18-14(4,5)6)20(21)16(10,11)12/h17H,1-12H3/q-1. The van der Waals surface area contributed by atoms with E-state index in [1.165, 1.54) is 0 Å². The Morgan fingerprint density at radius 3 is 1.35 bits per heavy atom. The van der Waals surface area contributed by atoms with Crippen molar-refractivity contribution in [2.45, 2.75) is 105 Å². The number of rotatable bonds is 1. The van der Waals surface area contributed by atoms with Gasteiger partial charge in [-0.3, -0.25) is 0 Å². The normalized spacial score (nSPS) is 28.7. The third-order valence-corrected chi connectivity index (χ3v) is 15.5. The minimum absolute atomic E-state index is 0.0603. The second-order valence-corrected chi connectivity index (χ2v) is 17.7.